The van der Waals surface area contributed by atoms with Crippen molar-refractivity contribution in [2.75, 3.05) is 21.3 Å². The maximum atomic E-state index is 13.2. The number of para-hydroxylation sites is 1. The zero-order valence-electron chi connectivity index (χ0n) is 19.4. The number of hydrogen-bond acceptors (Lipinski definition) is 6. The molecule has 0 spiro atoms. The number of rotatable bonds is 4. The van der Waals surface area contributed by atoms with Crippen molar-refractivity contribution < 1.29 is 22.7 Å². The zero-order valence-corrected chi connectivity index (χ0v) is 21.7. The molecule has 0 saturated heterocycles. The third-order valence-electron chi connectivity index (χ3n) is 5.78. The molecule has 5 rings (SSSR count). The molecule has 1 amide bonds. The van der Waals surface area contributed by atoms with Crippen LogP contribution in [0.1, 0.15) is 35.3 Å². The first-order valence-electron chi connectivity index (χ1n) is 10.9. The van der Waals surface area contributed by atoms with Crippen LogP contribution in [0.25, 0.3) is 0 Å². The summed E-state index contributed by atoms with van der Waals surface area (Å²) < 4.78 is 44.6. The number of alkyl halides is 3. The highest BCUT2D eigenvalue weighted by Crippen LogP contribution is 2.48. The summed E-state index contributed by atoms with van der Waals surface area (Å²) in [5.41, 5.74) is 1.49. The third kappa shape index (κ3) is 5.32. The van der Waals surface area contributed by atoms with Gasteiger partial charge in [0.15, 0.2) is 6.29 Å². The Hall–Kier alpha value is -3.08. The van der Waals surface area contributed by atoms with Gasteiger partial charge in [-0.25, -0.2) is 4.98 Å². The van der Waals surface area contributed by atoms with Gasteiger partial charge in [0.05, 0.1) is 38.2 Å². The molecule has 0 saturated carbocycles. The van der Waals surface area contributed by atoms with Gasteiger partial charge in [-0.2, -0.15) is 13.2 Å². The fraction of sp³-hybridized carbons (Fsp3) is 0.250. The molecule has 0 bridgehead atoms. The smallest absolute Gasteiger partial charge is 0.417 e. The van der Waals surface area contributed by atoms with E-state index in [1.807, 2.05) is 13.8 Å². The van der Waals surface area contributed by atoms with E-state index in [2.05, 4.69) is 26.3 Å². The average Bonchev–Trinajstić information content (AvgIpc) is 3.34. The third-order valence-corrected chi connectivity index (χ3v) is 6.41. The average molecular weight is 575 g/mol. The lowest BCUT2D eigenvalue weighted by Crippen LogP contribution is -2.31. The Morgan fingerprint density at radius 2 is 1.86 bits per heavy atom. The van der Waals surface area contributed by atoms with Gasteiger partial charge in [0.2, 0.25) is 0 Å². The summed E-state index contributed by atoms with van der Waals surface area (Å²) in [6.45, 7) is 3.81. The molecule has 2 aliphatic heterocycles. The lowest BCUT2D eigenvalue weighted by molar-refractivity contribution is -0.137. The van der Waals surface area contributed by atoms with E-state index in [1.165, 1.54) is 0 Å². The van der Waals surface area contributed by atoms with E-state index in [0.717, 1.165) is 23.4 Å². The van der Waals surface area contributed by atoms with E-state index in [0.29, 0.717) is 39.8 Å². The van der Waals surface area contributed by atoms with E-state index in [9.17, 15) is 18.0 Å². The van der Waals surface area contributed by atoms with E-state index in [1.54, 1.807) is 24.3 Å². The molecule has 37 heavy (non-hydrogen) atoms. The molecule has 3 heterocycles. The first-order valence-corrected chi connectivity index (χ1v) is 11.6. The van der Waals surface area contributed by atoms with Crippen LogP contribution in [0.2, 0.25) is 10.0 Å². The topological polar surface area (TPSA) is 87.3 Å². The number of ether oxygens (including phenoxy) is 1. The van der Waals surface area contributed by atoms with Crippen molar-refractivity contribution in [3.63, 3.8) is 0 Å². The minimum Gasteiger partial charge on any atom is -0.486 e. The van der Waals surface area contributed by atoms with Gasteiger partial charge >= 0.3 is 6.18 Å². The molecule has 0 fully saturated rings. The first kappa shape index (κ1) is 27.0. The molecular formula is C24H21Cl3F3N5O2. The number of hydrogen-bond donors (Lipinski definition) is 4. The lowest BCUT2D eigenvalue weighted by atomic mass is 9.97. The molecule has 1 unspecified atom stereocenters. The van der Waals surface area contributed by atoms with Gasteiger partial charge < -0.3 is 26.0 Å². The highest BCUT2D eigenvalue weighted by atomic mass is 35.5. The molecule has 3 aromatic rings. The molecule has 0 radical (unpaired) electrons. The number of fused-ring (bicyclic) bond motifs is 3. The fourth-order valence-corrected chi connectivity index (χ4v) is 4.71. The Bertz CT molecular complexity index is 1350. The van der Waals surface area contributed by atoms with Gasteiger partial charge in [0.1, 0.15) is 17.2 Å². The van der Waals surface area contributed by atoms with Gasteiger partial charge in [0, 0.05) is 18.2 Å². The minimum absolute atomic E-state index is 0. The van der Waals surface area contributed by atoms with E-state index >= 15 is 0 Å². The van der Waals surface area contributed by atoms with Crippen LogP contribution < -0.4 is 26.0 Å². The van der Waals surface area contributed by atoms with Gasteiger partial charge in [-0.05, 0) is 44.2 Å². The van der Waals surface area contributed by atoms with Gasteiger partial charge in [-0.15, -0.1) is 12.4 Å². The van der Waals surface area contributed by atoms with Gasteiger partial charge in [-0.3, -0.25) is 4.79 Å². The fourth-order valence-electron chi connectivity index (χ4n) is 4.20. The van der Waals surface area contributed by atoms with Crippen molar-refractivity contribution in [2.24, 2.45) is 0 Å². The Balaban J connectivity index is 0.00000320. The van der Waals surface area contributed by atoms with Crippen LogP contribution in [0.5, 0.6) is 5.75 Å². The Morgan fingerprint density at radius 1 is 1.16 bits per heavy atom. The quantitative estimate of drug-likeness (QED) is 0.268. The van der Waals surface area contributed by atoms with Crippen molar-refractivity contribution in [1.82, 2.24) is 4.98 Å². The second kappa shape index (κ2) is 9.66. The number of nitrogens with one attached hydrogen (secondary N) is 4. The zero-order chi connectivity index (χ0) is 25.8. The van der Waals surface area contributed by atoms with Crippen molar-refractivity contribution in [2.45, 2.75) is 38.3 Å². The molecule has 7 nitrogen and oxygen atoms in total. The van der Waals surface area contributed by atoms with E-state index in [4.69, 9.17) is 27.9 Å². The van der Waals surface area contributed by atoms with Crippen LogP contribution >= 0.6 is 35.6 Å². The van der Waals surface area contributed by atoms with Crippen LogP contribution in [0.15, 0.2) is 42.6 Å². The predicted octanol–water partition coefficient (Wildman–Crippen LogP) is 7.03. The predicted molar refractivity (Wildman–Crippen MR) is 140 cm³/mol. The summed E-state index contributed by atoms with van der Waals surface area (Å²) >= 11 is 12.6. The summed E-state index contributed by atoms with van der Waals surface area (Å²) in [5.74, 6) is -0.182. The Kier molecular flexibility index (Phi) is 7.04. The summed E-state index contributed by atoms with van der Waals surface area (Å²) in [6, 6.07) is 8.75. The van der Waals surface area contributed by atoms with Gasteiger partial charge in [-0.1, -0.05) is 29.3 Å². The monoisotopic (exact) mass is 573 g/mol. The van der Waals surface area contributed by atoms with Crippen molar-refractivity contribution in [3.05, 3.63) is 69.3 Å². The van der Waals surface area contributed by atoms with Crippen LogP contribution in [0.3, 0.4) is 0 Å². The molecule has 0 aliphatic carbocycles. The number of halogens is 6. The first-order chi connectivity index (χ1) is 16.9. The summed E-state index contributed by atoms with van der Waals surface area (Å²) in [5, 5.41) is 13.3. The summed E-state index contributed by atoms with van der Waals surface area (Å²) in [7, 11) is 0. The van der Waals surface area contributed by atoms with E-state index in [-0.39, 0.29) is 23.8 Å². The lowest BCUT2D eigenvalue weighted by Gasteiger charge is -2.19. The van der Waals surface area contributed by atoms with Gasteiger partial charge in [0.25, 0.3) is 5.91 Å². The van der Waals surface area contributed by atoms with Crippen LogP contribution in [0.4, 0.5) is 36.1 Å². The molecule has 1 aromatic heterocycles. The number of nitrogens with zero attached hydrogens (tertiary/aromatic N) is 1. The number of benzene rings is 2. The maximum Gasteiger partial charge on any atom is 0.417 e. The molecule has 2 aromatic carbocycles. The van der Waals surface area contributed by atoms with Crippen molar-refractivity contribution in [1.29, 1.82) is 0 Å². The Morgan fingerprint density at radius 3 is 2.49 bits per heavy atom. The van der Waals surface area contributed by atoms with Crippen LogP contribution in [-0.2, 0) is 12.6 Å². The number of aromatic nitrogens is 1. The SMILES string of the molecule is CC1(C)Cc2c3c(cc(C(=O)Nc4ccc(C(F)(F)F)cn4)c2O1)NC(Nc1c(Cl)cccc1Cl)N3.Cl. The number of carbonyl (C=O) groups is 1. The number of amides is 1. The standard InChI is InChI=1S/C24H20Cl2F3N5O2.ClH/c1-23(2)9-13-18-16(31-22(33-18)34-19-14(25)4-3-5-15(19)26)8-12(20(13)36-23)21(35)32-17-7-6-11(10-30-17)24(27,28)29;/h3-8,10,22,31,33-34H,9H2,1-2H3,(H,30,32,35);1H. The van der Waals surface area contributed by atoms with E-state index < -0.39 is 29.5 Å². The molecule has 1 atom stereocenters. The molecular weight excluding hydrogens is 554 g/mol. The van der Waals surface area contributed by atoms with Crippen molar-refractivity contribution >= 4 is 64.4 Å². The minimum atomic E-state index is -4.52. The second-order valence-corrected chi connectivity index (χ2v) is 9.85. The molecule has 196 valence electrons. The van der Waals surface area contributed by atoms with Crippen molar-refractivity contribution in [3.8, 4) is 5.75 Å². The second-order valence-electron chi connectivity index (χ2n) is 9.04. The largest absolute Gasteiger partial charge is 0.486 e. The highest BCUT2D eigenvalue weighted by Gasteiger charge is 2.39. The van der Waals surface area contributed by atoms with Crippen LogP contribution in [-0.4, -0.2) is 22.8 Å². The highest BCUT2D eigenvalue weighted by molar-refractivity contribution is 6.39. The maximum absolute atomic E-state index is 13.2. The summed E-state index contributed by atoms with van der Waals surface area (Å²) in [4.78, 5) is 16.9. The normalized spacial score (nSPS) is 16.9. The molecule has 2 aliphatic rings. The Labute approximate surface area is 226 Å². The number of anilines is 4. The molecule has 13 heteroatoms. The van der Waals surface area contributed by atoms with Crippen LogP contribution in [0, 0.1) is 0 Å². The number of pyridine rings is 1. The molecule has 4 N–H and O–H groups in total. The summed E-state index contributed by atoms with van der Waals surface area (Å²) in [6.07, 6.45) is -3.81. The number of carbonyl (C=O) groups excluding carboxylic acids is 1.